The van der Waals surface area contributed by atoms with E-state index < -0.39 is 0 Å². The molecule has 2 aliphatic rings. The van der Waals surface area contributed by atoms with Crippen molar-refractivity contribution in [2.75, 3.05) is 25.1 Å². The summed E-state index contributed by atoms with van der Waals surface area (Å²) in [7, 11) is 0. The van der Waals surface area contributed by atoms with Gasteiger partial charge >= 0.3 is 0 Å². The SMILES string of the molecule is Cc1cc(C[C@@H]2COC[C@@H]2NC(=O)c2cccc3c2NCCC3)on1. The number of hydrogen-bond donors (Lipinski definition) is 2. The highest BCUT2D eigenvalue weighted by Gasteiger charge is 2.31. The van der Waals surface area contributed by atoms with E-state index in [1.54, 1.807) is 0 Å². The predicted octanol–water partition coefficient (Wildman–Crippen LogP) is 2.33. The quantitative estimate of drug-likeness (QED) is 0.893. The number of aryl methyl sites for hydroxylation is 2. The Labute approximate surface area is 146 Å². The third-order valence-corrected chi connectivity index (χ3v) is 4.98. The van der Waals surface area contributed by atoms with Crippen LogP contribution in [0.5, 0.6) is 0 Å². The van der Waals surface area contributed by atoms with Crippen molar-refractivity contribution < 1.29 is 14.1 Å². The largest absolute Gasteiger partial charge is 0.384 e. The van der Waals surface area contributed by atoms with E-state index in [4.69, 9.17) is 9.26 Å². The number of nitrogens with one attached hydrogen (secondary N) is 2. The molecule has 1 aromatic heterocycles. The second kappa shape index (κ2) is 6.88. The van der Waals surface area contributed by atoms with E-state index >= 15 is 0 Å². The summed E-state index contributed by atoms with van der Waals surface area (Å²) in [5, 5.41) is 10.5. The van der Waals surface area contributed by atoms with Crippen molar-refractivity contribution in [3.63, 3.8) is 0 Å². The zero-order valence-corrected chi connectivity index (χ0v) is 14.4. The number of para-hydroxylation sites is 1. The number of carbonyl (C=O) groups is 1. The molecule has 4 rings (SSSR count). The van der Waals surface area contributed by atoms with Gasteiger partial charge in [0.25, 0.3) is 5.91 Å². The lowest BCUT2D eigenvalue weighted by Gasteiger charge is -2.23. The highest BCUT2D eigenvalue weighted by Crippen LogP contribution is 2.27. The van der Waals surface area contributed by atoms with Gasteiger partial charge in [-0.25, -0.2) is 0 Å². The van der Waals surface area contributed by atoms with Gasteiger partial charge in [0.2, 0.25) is 0 Å². The molecule has 0 aliphatic carbocycles. The Morgan fingerprint density at radius 2 is 2.32 bits per heavy atom. The van der Waals surface area contributed by atoms with E-state index in [0.717, 1.165) is 48.5 Å². The molecule has 0 saturated carbocycles. The molecule has 0 spiro atoms. The van der Waals surface area contributed by atoms with Crippen molar-refractivity contribution in [3.8, 4) is 0 Å². The molecule has 6 heteroatoms. The number of benzene rings is 1. The van der Waals surface area contributed by atoms with Crippen molar-refractivity contribution >= 4 is 11.6 Å². The number of nitrogens with zero attached hydrogens (tertiary/aromatic N) is 1. The molecule has 2 atom stereocenters. The second-order valence-corrected chi connectivity index (χ2v) is 6.89. The van der Waals surface area contributed by atoms with Crippen molar-refractivity contribution in [3.05, 3.63) is 46.8 Å². The minimum Gasteiger partial charge on any atom is -0.384 e. The molecule has 3 heterocycles. The average Bonchev–Trinajstić information content (AvgIpc) is 3.23. The summed E-state index contributed by atoms with van der Waals surface area (Å²) < 4.78 is 10.9. The van der Waals surface area contributed by atoms with Crippen LogP contribution in [0, 0.1) is 12.8 Å². The maximum Gasteiger partial charge on any atom is 0.253 e. The van der Waals surface area contributed by atoms with Crippen LogP contribution in [-0.2, 0) is 17.6 Å². The summed E-state index contributed by atoms with van der Waals surface area (Å²) in [4.78, 5) is 12.8. The zero-order chi connectivity index (χ0) is 17.2. The fraction of sp³-hybridized carbons (Fsp3) is 0.474. The number of amides is 1. The Morgan fingerprint density at radius 3 is 3.16 bits per heavy atom. The first kappa shape index (κ1) is 16.1. The predicted molar refractivity (Wildman–Crippen MR) is 93.8 cm³/mol. The first-order chi connectivity index (χ1) is 12.2. The van der Waals surface area contributed by atoms with Crippen LogP contribution in [0.4, 0.5) is 5.69 Å². The molecule has 0 radical (unpaired) electrons. The van der Waals surface area contributed by atoms with Crippen LogP contribution in [0.25, 0.3) is 0 Å². The van der Waals surface area contributed by atoms with Gasteiger partial charge in [-0.3, -0.25) is 4.79 Å². The van der Waals surface area contributed by atoms with Gasteiger partial charge in [0, 0.05) is 24.9 Å². The standard InChI is InChI=1S/C19H23N3O3/c1-12-8-15(25-22-12)9-14-10-24-11-17(14)21-19(23)16-6-2-4-13-5-3-7-20-18(13)16/h2,4,6,8,14,17,20H,3,5,7,9-11H2,1H3,(H,21,23)/t14-,17+/m1/s1. The maximum absolute atomic E-state index is 12.8. The van der Waals surface area contributed by atoms with Gasteiger partial charge in [-0.1, -0.05) is 17.3 Å². The first-order valence-corrected chi connectivity index (χ1v) is 8.87. The lowest BCUT2D eigenvalue weighted by Crippen LogP contribution is -2.41. The van der Waals surface area contributed by atoms with Gasteiger partial charge in [0.05, 0.1) is 36.2 Å². The summed E-state index contributed by atoms with van der Waals surface area (Å²) in [5.74, 6) is 0.996. The van der Waals surface area contributed by atoms with Gasteiger partial charge in [-0.15, -0.1) is 0 Å². The van der Waals surface area contributed by atoms with E-state index in [9.17, 15) is 4.79 Å². The number of carbonyl (C=O) groups excluding carboxylic acids is 1. The molecule has 2 aliphatic heterocycles. The molecule has 1 saturated heterocycles. The summed E-state index contributed by atoms with van der Waals surface area (Å²) in [6.45, 7) is 3.97. The Morgan fingerprint density at radius 1 is 1.40 bits per heavy atom. The fourth-order valence-electron chi connectivity index (χ4n) is 3.68. The summed E-state index contributed by atoms with van der Waals surface area (Å²) in [5.41, 5.74) is 3.79. The Balaban J connectivity index is 1.46. The van der Waals surface area contributed by atoms with Crippen LogP contribution in [0.1, 0.15) is 33.8 Å². The van der Waals surface area contributed by atoms with Crippen LogP contribution in [0.3, 0.4) is 0 Å². The molecular formula is C19H23N3O3. The highest BCUT2D eigenvalue weighted by molar-refractivity contribution is 6.00. The van der Waals surface area contributed by atoms with Crippen LogP contribution >= 0.6 is 0 Å². The molecule has 1 amide bonds. The highest BCUT2D eigenvalue weighted by atomic mass is 16.5. The molecular weight excluding hydrogens is 318 g/mol. The third kappa shape index (κ3) is 3.39. The molecule has 2 aromatic rings. The third-order valence-electron chi connectivity index (χ3n) is 4.98. The Hall–Kier alpha value is -2.34. The van der Waals surface area contributed by atoms with Crippen molar-refractivity contribution in [1.82, 2.24) is 10.5 Å². The van der Waals surface area contributed by atoms with E-state index in [1.807, 2.05) is 25.1 Å². The van der Waals surface area contributed by atoms with Gasteiger partial charge < -0.3 is 19.9 Å². The van der Waals surface area contributed by atoms with Gasteiger partial charge in [0.15, 0.2) is 0 Å². The summed E-state index contributed by atoms with van der Waals surface area (Å²) >= 11 is 0. The molecule has 0 unspecified atom stereocenters. The minimum atomic E-state index is -0.0412. The molecule has 132 valence electrons. The van der Waals surface area contributed by atoms with Crippen LogP contribution in [-0.4, -0.2) is 36.9 Å². The Kier molecular flexibility index (Phi) is 4.44. The van der Waals surface area contributed by atoms with Crippen LogP contribution in [0.15, 0.2) is 28.8 Å². The van der Waals surface area contributed by atoms with Crippen molar-refractivity contribution in [2.24, 2.45) is 5.92 Å². The monoisotopic (exact) mass is 341 g/mol. The van der Waals surface area contributed by atoms with Gasteiger partial charge in [-0.2, -0.15) is 0 Å². The lowest BCUT2D eigenvalue weighted by molar-refractivity contribution is 0.0925. The fourth-order valence-corrected chi connectivity index (χ4v) is 3.68. The maximum atomic E-state index is 12.8. The summed E-state index contributed by atoms with van der Waals surface area (Å²) in [6.07, 6.45) is 2.84. The molecule has 1 aromatic carbocycles. The zero-order valence-electron chi connectivity index (χ0n) is 14.4. The van der Waals surface area contributed by atoms with Gasteiger partial charge in [0.1, 0.15) is 5.76 Å². The first-order valence-electron chi connectivity index (χ1n) is 8.87. The van der Waals surface area contributed by atoms with Crippen LogP contribution < -0.4 is 10.6 Å². The van der Waals surface area contributed by atoms with Gasteiger partial charge in [-0.05, 0) is 31.4 Å². The molecule has 6 nitrogen and oxygen atoms in total. The smallest absolute Gasteiger partial charge is 0.253 e. The van der Waals surface area contributed by atoms with Crippen molar-refractivity contribution in [1.29, 1.82) is 0 Å². The summed E-state index contributed by atoms with van der Waals surface area (Å²) in [6, 6.07) is 7.86. The van der Waals surface area contributed by atoms with E-state index in [1.165, 1.54) is 5.56 Å². The van der Waals surface area contributed by atoms with Crippen molar-refractivity contribution in [2.45, 2.75) is 32.2 Å². The van der Waals surface area contributed by atoms with E-state index in [2.05, 4.69) is 21.9 Å². The van der Waals surface area contributed by atoms with E-state index in [0.29, 0.717) is 13.2 Å². The number of aromatic nitrogens is 1. The lowest BCUT2D eigenvalue weighted by atomic mass is 9.96. The number of fused-ring (bicyclic) bond motifs is 1. The normalized spacial score (nSPS) is 22.3. The minimum absolute atomic E-state index is 0.0163. The number of hydrogen-bond acceptors (Lipinski definition) is 5. The molecule has 2 N–H and O–H groups in total. The second-order valence-electron chi connectivity index (χ2n) is 6.89. The number of ether oxygens (including phenoxy) is 1. The van der Waals surface area contributed by atoms with E-state index in [-0.39, 0.29) is 17.9 Å². The molecule has 0 bridgehead atoms. The van der Waals surface area contributed by atoms with Crippen LogP contribution in [0.2, 0.25) is 0 Å². The Bertz CT molecular complexity index is 771. The molecule has 25 heavy (non-hydrogen) atoms. The number of anilines is 1. The number of rotatable bonds is 4. The average molecular weight is 341 g/mol. The molecule has 1 fully saturated rings. The topological polar surface area (TPSA) is 76.4 Å².